The van der Waals surface area contributed by atoms with Crippen molar-refractivity contribution in [2.45, 2.75) is 6.92 Å². The minimum atomic E-state index is -0.386. The number of aryl methyl sites for hydroxylation is 1. The van der Waals surface area contributed by atoms with E-state index in [4.69, 9.17) is 9.47 Å². The highest BCUT2D eigenvalue weighted by molar-refractivity contribution is 7.18. The smallest absolute Gasteiger partial charge is 0.293 e. The van der Waals surface area contributed by atoms with E-state index >= 15 is 0 Å². The molecule has 0 spiro atoms. The van der Waals surface area contributed by atoms with E-state index in [1.807, 2.05) is 6.92 Å². The normalized spacial score (nSPS) is 11.0. The van der Waals surface area contributed by atoms with Crippen molar-refractivity contribution in [2.75, 3.05) is 38.8 Å². The summed E-state index contributed by atoms with van der Waals surface area (Å²) in [6.45, 7) is 3.86. The fourth-order valence-electron chi connectivity index (χ4n) is 1.87. The number of hydrogen-bond acceptors (Lipinski definition) is 7. The van der Waals surface area contributed by atoms with Gasteiger partial charge in [0.2, 0.25) is 0 Å². The van der Waals surface area contributed by atoms with Crippen LogP contribution in [0.2, 0.25) is 0 Å². The van der Waals surface area contributed by atoms with E-state index in [-0.39, 0.29) is 10.6 Å². The second-order valence-corrected chi connectivity index (χ2v) is 5.59. The molecule has 1 aromatic heterocycles. The van der Waals surface area contributed by atoms with Crippen LogP contribution in [0.15, 0.2) is 12.1 Å². The number of fused-ring (bicyclic) bond motifs is 1. The third kappa shape index (κ3) is 4.10. The SMILES string of the molecule is COCCOCCNc1cc2nc(C)sc2cc1[N+](=O)[O-]. The Kier molecular flexibility index (Phi) is 5.43. The number of benzene rings is 1. The van der Waals surface area contributed by atoms with Crippen molar-refractivity contribution in [1.29, 1.82) is 0 Å². The van der Waals surface area contributed by atoms with Crippen LogP contribution >= 0.6 is 11.3 Å². The van der Waals surface area contributed by atoms with Gasteiger partial charge >= 0.3 is 0 Å². The molecule has 0 fully saturated rings. The molecule has 1 aromatic carbocycles. The number of aromatic nitrogens is 1. The zero-order valence-electron chi connectivity index (χ0n) is 11.9. The van der Waals surface area contributed by atoms with Crippen molar-refractivity contribution in [1.82, 2.24) is 4.98 Å². The first-order chi connectivity index (χ1) is 10.1. The Morgan fingerprint density at radius 1 is 1.38 bits per heavy atom. The topological polar surface area (TPSA) is 86.5 Å². The highest BCUT2D eigenvalue weighted by Crippen LogP contribution is 2.32. The van der Waals surface area contributed by atoms with Crippen LogP contribution in [0, 0.1) is 17.0 Å². The van der Waals surface area contributed by atoms with Gasteiger partial charge in [0.25, 0.3) is 5.69 Å². The van der Waals surface area contributed by atoms with Crippen LogP contribution in [0.3, 0.4) is 0 Å². The fourth-order valence-corrected chi connectivity index (χ4v) is 2.72. The van der Waals surface area contributed by atoms with Crippen molar-refractivity contribution in [3.63, 3.8) is 0 Å². The second-order valence-electron chi connectivity index (χ2n) is 4.36. The number of methoxy groups -OCH3 is 1. The maximum Gasteiger partial charge on any atom is 0.293 e. The molecule has 0 amide bonds. The zero-order valence-corrected chi connectivity index (χ0v) is 12.7. The summed E-state index contributed by atoms with van der Waals surface area (Å²) in [6.07, 6.45) is 0. The minimum Gasteiger partial charge on any atom is -0.382 e. The molecule has 0 unspecified atom stereocenters. The monoisotopic (exact) mass is 311 g/mol. The lowest BCUT2D eigenvalue weighted by atomic mass is 10.2. The maximum absolute atomic E-state index is 11.1. The van der Waals surface area contributed by atoms with Crippen molar-refractivity contribution >= 4 is 32.9 Å². The molecule has 0 radical (unpaired) electrons. The van der Waals surface area contributed by atoms with Crippen molar-refractivity contribution in [3.8, 4) is 0 Å². The number of hydrogen-bond donors (Lipinski definition) is 1. The Labute approximate surface area is 126 Å². The number of nitro groups is 1. The van der Waals surface area contributed by atoms with Crippen LogP contribution < -0.4 is 5.32 Å². The van der Waals surface area contributed by atoms with Crippen LogP contribution in [0.25, 0.3) is 10.2 Å². The van der Waals surface area contributed by atoms with E-state index in [1.54, 1.807) is 19.2 Å². The Balaban J connectivity index is 2.06. The summed E-state index contributed by atoms with van der Waals surface area (Å²) >= 11 is 1.45. The molecule has 1 N–H and O–H groups in total. The number of nitro benzene ring substituents is 1. The Hall–Kier alpha value is -1.77. The number of anilines is 1. The van der Waals surface area contributed by atoms with Crippen LogP contribution in [0.4, 0.5) is 11.4 Å². The van der Waals surface area contributed by atoms with Gasteiger partial charge in [-0.2, -0.15) is 0 Å². The molecule has 0 aliphatic carbocycles. The summed E-state index contributed by atoms with van der Waals surface area (Å²) < 4.78 is 11.0. The lowest BCUT2D eigenvalue weighted by Gasteiger charge is -2.08. The van der Waals surface area contributed by atoms with Gasteiger partial charge < -0.3 is 14.8 Å². The molecular formula is C13H17N3O4S. The van der Waals surface area contributed by atoms with Crippen molar-refractivity contribution < 1.29 is 14.4 Å². The number of nitrogens with one attached hydrogen (secondary N) is 1. The Morgan fingerprint density at radius 2 is 2.19 bits per heavy atom. The van der Waals surface area contributed by atoms with Gasteiger partial charge in [0, 0.05) is 19.7 Å². The van der Waals surface area contributed by atoms with Gasteiger partial charge in [-0.15, -0.1) is 11.3 Å². The molecular weight excluding hydrogens is 294 g/mol. The molecule has 0 aliphatic rings. The molecule has 2 aromatic rings. The first kappa shape index (κ1) is 15.6. The molecule has 114 valence electrons. The summed E-state index contributed by atoms with van der Waals surface area (Å²) in [6, 6.07) is 3.28. The molecule has 0 saturated carbocycles. The fraction of sp³-hybridized carbons (Fsp3) is 0.462. The number of nitrogens with zero attached hydrogens (tertiary/aromatic N) is 2. The first-order valence-corrected chi connectivity index (χ1v) is 7.29. The van der Waals surface area contributed by atoms with Crippen LogP contribution in [-0.4, -0.2) is 43.4 Å². The summed E-state index contributed by atoms with van der Waals surface area (Å²) in [4.78, 5) is 15.1. The van der Waals surface area contributed by atoms with E-state index < -0.39 is 0 Å². The lowest BCUT2D eigenvalue weighted by molar-refractivity contribution is -0.383. The zero-order chi connectivity index (χ0) is 15.2. The highest BCUT2D eigenvalue weighted by Gasteiger charge is 2.16. The Morgan fingerprint density at radius 3 is 2.90 bits per heavy atom. The largest absolute Gasteiger partial charge is 0.382 e. The predicted molar refractivity (Wildman–Crippen MR) is 82.2 cm³/mol. The summed E-state index contributed by atoms with van der Waals surface area (Å²) in [5, 5.41) is 15.1. The van der Waals surface area contributed by atoms with Crippen molar-refractivity contribution in [2.24, 2.45) is 0 Å². The highest BCUT2D eigenvalue weighted by atomic mass is 32.1. The maximum atomic E-state index is 11.1. The second kappa shape index (κ2) is 7.30. The average molecular weight is 311 g/mol. The van der Waals surface area contributed by atoms with Crippen LogP contribution in [-0.2, 0) is 9.47 Å². The van der Waals surface area contributed by atoms with Gasteiger partial charge in [-0.1, -0.05) is 0 Å². The molecule has 0 aliphatic heterocycles. The van der Waals surface area contributed by atoms with Gasteiger partial charge in [0.15, 0.2) is 0 Å². The van der Waals surface area contributed by atoms with Crippen LogP contribution in [0.5, 0.6) is 0 Å². The Bertz CT molecular complexity index is 629. The van der Waals surface area contributed by atoms with E-state index in [0.29, 0.717) is 32.1 Å². The molecule has 0 saturated heterocycles. The summed E-state index contributed by atoms with van der Waals surface area (Å²) in [5.74, 6) is 0. The van der Waals surface area contributed by atoms with E-state index in [2.05, 4.69) is 10.3 Å². The number of ether oxygens (including phenoxy) is 2. The molecule has 0 bridgehead atoms. The minimum absolute atomic E-state index is 0.0584. The van der Waals surface area contributed by atoms with E-state index in [9.17, 15) is 10.1 Å². The van der Waals surface area contributed by atoms with Gasteiger partial charge in [0.1, 0.15) is 5.69 Å². The summed E-state index contributed by atoms with van der Waals surface area (Å²) in [5.41, 5.74) is 1.29. The molecule has 2 rings (SSSR count). The van der Waals surface area contributed by atoms with E-state index in [0.717, 1.165) is 15.2 Å². The van der Waals surface area contributed by atoms with Crippen molar-refractivity contribution in [3.05, 3.63) is 27.3 Å². The third-order valence-electron chi connectivity index (χ3n) is 2.80. The van der Waals surface area contributed by atoms with Crippen LogP contribution in [0.1, 0.15) is 5.01 Å². The molecule has 21 heavy (non-hydrogen) atoms. The molecule has 8 heteroatoms. The standard InChI is InChI=1S/C13H17N3O4S/c1-9-15-11-7-10(14-3-4-20-6-5-19-2)12(16(17)18)8-13(11)21-9/h7-8,14H,3-6H2,1-2H3. The summed E-state index contributed by atoms with van der Waals surface area (Å²) in [7, 11) is 1.61. The lowest BCUT2D eigenvalue weighted by Crippen LogP contribution is -2.12. The molecule has 0 atom stereocenters. The van der Waals surface area contributed by atoms with Gasteiger partial charge in [0.05, 0.1) is 40.0 Å². The third-order valence-corrected chi connectivity index (χ3v) is 3.74. The quantitative estimate of drug-likeness (QED) is 0.458. The average Bonchev–Trinajstić information content (AvgIpc) is 2.80. The van der Waals surface area contributed by atoms with Gasteiger partial charge in [-0.25, -0.2) is 4.98 Å². The number of thiazole rings is 1. The molecule has 7 nitrogen and oxygen atoms in total. The van der Waals surface area contributed by atoms with Gasteiger partial charge in [-0.05, 0) is 13.0 Å². The molecule has 1 heterocycles. The predicted octanol–water partition coefficient (Wildman–Crippen LogP) is 2.59. The van der Waals surface area contributed by atoms with Gasteiger partial charge in [-0.3, -0.25) is 10.1 Å². The van der Waals surface area contributed by atoms with E-state index in [1.165, 1.54) is 11.3 Å². The first-order valence-electron chi connectivity index (χ1n) is 6.48. The number of rotatable bonds is 8.